The molecule has 0 aliphatic carbocycles. The molecule has 0 aliphatic rings. The summed E-state index contributed by atoms with van der Waals surface area (Å²) >= 11 is 0. The van der Waals surface area contributed by atoms with Crippen LogP contribution in [0.1, 0.15) is 34.5 Å². The van der Waals surface area contributed by atoms with E-state index in [1.807, 2.05) is 31.5 Å². The summed E-state index contributed by atoms with van der Waals surface area (Å²) in [6, 6.07) is 3.59. The van der Waals surface area contributed by atoms with Crippen molar-refractivity contribution in [1.29, 1.82) is 0 Å². The van der Waals surface area contributed by atoms with Gasteiger partial charge in [-0.05, 0) is 32.9 Å². The summed E-state index contributed by atoms with van der Waals surface area (Å²) in [4.78, 5) is 20.7. The molecule has 0 N–H and O–H groups in total. The molecular formula is C13H15N3O. The average molecular weight is 229 g/mol. The third kappa shape index (κ3) is 2.25. The Morgan fingerprint density at radius 1 is 1.29 bits per heavy atom. The number of aromatic nitrogens is 3. The highest BCUT2D eigenvalue weighted by atomic mass is 16.1. The molecule has 2 rings (SSSR count). The van der Waals surface area contributed by atoms with Crippen molar-refractivity contribution in [3.05, 3.63) is 47.3 Å². The average Bonchev–Trinajstić information content (AvgIpc) is 2.74. The maximum atomic E-state index is 12.3. The maximum Gasteiger partial charge on any atom is 0.228 e. The lowest BCUT2D eigenvalue weighted by Crippen LogP contribution is -2.11. The Kier molecular flexibility index (Phi) is 3.04. The Balaban J connectivity index is 2.43. The van der Waals surface area contributed by atoms with E-state index < -0.39 is 0 Å². The van der Waals surface area contributed by atoms with Crippen LogP contribution in [-0.2, 0) is 6.54 Å². The highest BCUT2D eigenvalue weighted by Crippen LogP contribution is 2.11. The van der Waals surface area contributed by atoms with E-state index in [9.17, 15) is 4.79 Å². The van der Waals surface area contributed by atoms with Gasteiger partial charge in [-0.15, -0.1) is 0 Å². The normalized spacial score (nSPS) is 10.5. The summed E-state index contributed by atoms with van der Waals surface area (Å²) in [5, 5.41) is 0. The molecule has 2 aromatic heterocycles. The third-order valence-corrected chi connectivity index (χ3v) is 2.60. The first-order chi connectivity index (χ1) is 8.11. The van der Waals surface area contributed by atoms with Gasteiger partial charge in [0.05, 0.1) is 0 Å². The van der Waals surface area contributed by atoms with Crippen molar-refractivity contribution in [2.24, 2.45) is 0 Å². The monoisotopic (exact) mass is 229 g/mol. The van der Waals surface area contributed by atoms with Gasteiger partial charge in [0, 0.05) is 35.9 Å². The standard InChI is InChI=1S/C13H15N3O/c1-4-16-6-5-14-13(16)12(17)11-7-9(2)15-10(3)8-11/h5-8H,4H2,1-3H3. The number of pyridine rings is 1. The van der Waals surface area contributed by atoms with Crippen LogP contribution in [0, 0.1) is 13.8 Å². The molecule has 17 heavy (non-hydrogen) atoms. The minimum Gasteiger partial charge on any atom is -0.328 e. The summed E-state index contributed by atoms with van der Waals surface area (Å²) in [5.41, 5.74) is 2.35. The van der Waals surface area contributed by atoms with Crippen molar-refractivity contribution in [1.82, 2.24) is 14.5 Å². The minimum atomic E-state index is -0.0505. The predicted molar refractivity (Wildman–Crippen MR) is 65.0 cm³/mol. The number of hydrogen-bond acceptors (Lipinski definition) is 3. The van der Waals surface area contributed by atoms with Crippen LogP contribution in [0.4, 0.5) is 0 Å². The molecule has 0 spiro atoms. The van der Waals surface area contributed by atoms with Crippen molar-refractivity contribution < 1.29 is 4.79 Å². The number of hydrogen-bond donors (Lipinski definition) is 0. The summed E-state index contributed by atoms with van der Waals surface area (Å²) in [6.45, 7) is 6.50. The SMILES string of the molecule is CCn1ccnc1C(=O)c1cc(C)nc(C)c1. The van der Waals surface area contributed by atoms with E-state index in [4.69, 9.17) is 0 Å². The van der Waals surface area contributed by atoms with E-state index in [-0.39, 0.29) is 5.78 Å². The molecule has 0 radical (unpaired) electrons. The Bertz CT molecular complexity index is 537. The van der Waals surface area contributed by atoms with Gasteiger partial charge < -0.3 is 4.57 Å². The molecule has 88 valence electrons. The number of carbonyl (C=O) groups excluding carboxylic acids is 1. The second kappa shape index (κ2) is 4.49. The lowest BCUT2D eigenvalue weighted by molar-refractivity contribution is 0.102. The molecule has 0 saturated carbocycles. The number of carbonyl (C=O) groups is 1. The van der Waals surface area contributed by atoms with Crippen LogP contribution >= 0.6 is 0 Å². The van der Waals surface area contributed by atoms with Gasteiger partial charge in [-0.3, -0.25) is 9.78 Å². The molecule has 0 fully saturated rings. The Labute approximate surface area is 100 Å². The van der Waals surface area contributed by atoms with Gasteiger partial charge in [0.25, 0.3) is 0 Å². The van der Waals surface area contributed by atoms with E-state index in [2.05, 4.69) is 9.97 Å². The highest BCUT2D eigenvalue weighted by molar-refractivity contribution is 6.06. The summed E-state index contributed by atoms with van der Waals surface area (Å²) in [5.74, 6) is 0.433. The van der Waals surface area contributed by atoms with Gasteiger partial charge in [0.2, 0.25) is 5.78 Å². The second-order valence-corrected chi connectivity index (χ2v) is 4.00. The molecule has 2 aromatic rings. The lowest BCUT2D eigenvalue weighted by atomic mass is 10.1. The van der Waals surface area contributed by atoms with Gasteiger partial charge in [-0.25, -0.2) is 4.98 Å². The summed E-state index contributed by atoms with van der Waals surface area (Å²) in [6.07, 6.45) is 3.46. The summed E-state index contributed by atoms with van der Waals surface area (Å²) < 4.78 is 1.84. The number of ketones is 1. The highest BCUT2D eigenvalue weighted by Gasteiger charge is 2.15. The smallest absolute Gasteiger partial charge is 0.228 e. The van der Waals surface area contributed by atoms with Gasteiger partial charge >= 0.3 is 0 Å². The van der Waals surface area contributed by atoms with E-state index in [1.165, 1.54) is 0 Å². The zero-order chi connectivity index (χ0) is 12.4. The van der Waals surface area contributed by atoms with Crippen molar-refractivity contribution in [3.8, 4) is 0 Å². The second-order valence-electron chi connectivity index (χ2n) is 4.00. The van der Waals surface area contributed by atoms with Crippen LogP contribution in [0.2, 0.25) is 0 Å². The van der Waals surface area contributed by atoms with Crippen molar-refractivity contribution in [2.45, 2.75) is 27.3 Å². The van der Waals surface area contributed by atoms with E-state index in [1.54, 1.807) is 18.3 Å². The molecule has 0 unspecified atom stereocenters. The van der Waals surface area contributed by atoms with Crippen LogP contribution < -0.4 is 0 Å². The van der Waals surface area contributed by atoms with Crippen LogP contribution in [0.15, 0.2) is 24.5 Å². The zero-order valence-corrected chi connectivity index (χ0v) is 10.3. The van der Waals surface area contributed by atoms with Gasteiger partial charge in [0.15, 0.2) is 5.82 Å². The lowest BCUT2D eigenvalue weighted by Gasteiger charge is -2.05. The zero-order valence-electron chi connectivity index (χ0n) is 10.3. The third-order valence-electron chi connectivity index (χ3n) is 2.60. The van der Waals surface area contributed by atoms with Crippen LogP contribution in [0.25, 0.3) is 0 Å². The molecule has 0 amide bonds. The Morgan fingerprint density at radius 2 is 1.94 bits per heavy atom. The topological polar surface area (TPSA) is 47.8 Å². The molecule has 0 saturated heterocycles. The fraction of sp³-hybridized carbons (Fsp3) is 0.308. The predicted octanol–water partition coefficient (Wildman–Crippen LogP) is 2.15. The largest absolute Gasteiger partial charge is 0.328 e. The molecule has 0 bridgehead atoms. The van der Waals surface area contributed by atoms with Crippen LogP contribution in [-0.4, -0.2) is 20.3 Å². The number of aryl methyl sites for hydroxylation is 3. The first-order valence-corrected chi connectivity index (χ1v) is 5.63. The molecule has 4 nitrogen and oxygen atoms in total. The van der Waals surface area contributed by atoms with Crippen molar-refractivity contribution in [2.75, 3.05) is 0 Å². The fourth-order valence-electron chi connectivity index (χ4n) is 1.87. The quantitative estimate of drug-likeness (QED) is 0.758. The molecule has 2 heterocycles. The molecule has 4 heteroatoms. The Morgan fingerprint density at radius 3 is 2.53 bits per heavy atom. The molecule has 0 aromatic carbocycles. The number of imidazole rings is 1. The van der Waals surface area contributed by atoms with E-state index in [0.29, 0.717) is 11.4 Å². The first-order valence-electron chi connectivity index (χ1n) is 5.63. The Hall–Kier alpha value is -1.97. The van der Waals surface area contributed by atoms with E-state index in [0.717, 1.165) is 17.9 Å². The fourth-order valence-corrected chi connectivity index (χ4v) is 1.87. The number of nitrogens with zero attached hydrogens (tertiary/aromatic N) is 3. The van der Waals surface area contributed by atoms with Crippen LogP contribution in [0.3, 0.4) is 0 Å². The molecular weight excluding hydrogens is 214 g/mol. The van der Waals surface area contributed by atoms with Gasteiger partial charge in [0.1, 0.15) is 0 Å². The van der Waals surface area contributed by atoms with Gasteiger partial charge in [-0.1, -0.05) is 0 Å². The molecule has 0 atom stereocenters. The number of rotatable bonds is 3. The summed E-state index contributed by atoms with van der Waals surface area (Å²) in [7, 11) is 0. The first kappa shape index (κ1) is 11.5. The van der Waals surface area contributed by atoms with Crippen molar-refractivity contribution >= 4 is 5.78 Å². The van der Waals surface area contributed by atoms with Crippen LogP contribution in [0.5, 0.6) is 0 Å². The van der Waals surface area contributed by atoms with Gasteiger partial charge in [-0.2, -0.15) is 0 Å². The minimum absolute atomic E-state index is 0.0505. The van der Waals surface area contributed by atoms with Crippen molar-refractivity contribution in [3.63, 3.8) is 0 Å². The van der Waals surface area contributed by atoms with E-state index >= 15 is 0 Å². The maximum absolute atomic E-state index is 12.3. The molecule has 0 aliphatic heterocycles.